The zero-order valence-corrected chi connectivity index (χ0v) is 12.7. The first-order valence-electron chi connectivity index (χ1n) is 7.68. The highest BCUT2D eigenvalue weighted by Gasteiger charge is 2.46. The predicted molar refractivity (Wildman–Crippen MR) is 77.1 cm³/mol. The molecule has 2 atom stereocenters. The molecule has 1 amide bonds. The molecule has 2 fully saturated rings. The van der Waals surface area contributed by atoms with E-state index in [1.807, 2.05) is 13.8 Å². The summed E-state index contributed by atoms with van der Waals surface area (Å²) in [5.74, 6) is -0.0619. The van der Waals surface area contributed by atoms with Gasteiger partial charge >= 0.3 is 0 Å². The summed E-state index contributed by atoms with van der Waals surface area (Å²) in [7, 11) is 0. The number of carbonyl (C=O) groups excluding carboxylic acids is 1. The highest BCUT2D eigenvalue weighted by molar-refractivity contribution is 5.92. The quantitative estimate of drug-likeness (QED) is 0.890. The molecule has 1 aromatic rings. The van der Waals surface area contributed by atoms with E-state index in [4.69, 9.17) is 4.74 Å². The van der Waals surface area contributed by atoms with Crippen molar-refractivity contribution in [1.82, 2.24) is 14.7 Å². The van der Waals surface area contributed by atoms with Gasteiger partial charge in [0.1, 0.15) is 11.8 Å². The Morgan fingerprint density at radius 3 is 2.95 bits per heavy atom. The van der Waals surface area contributed by atoms with E-state index < -0.39 is 11.7 Å². The van der Waals surface area contributed by atoms with Crippen LogP contribution in [0, 0.1) is 0 Å². The summed E-state index contributed by atoms with van der Waals surface area (Å²) in [5, 5.41) is 14.6. The number of aliphatic hydroxyl groups excluding tert-OH is 1. The largest absolute Gasteiger partial charge is 0.388 e. The minimum atomic E-state index is -0.604. The average Bonchev–Trinajstić information content (AvgIpc) is 3.11. The molecule has 0 saturated carbocycles. The van der Waals surface area contributed by atoms with Gasteiger partial charge in [-0.05, 0) is 39.2 Å². The average molecular weight is 293 g/mol. The van der Waals surface area contributed by atoms with Gasteiger partial charge in [0.05, 0.1) is 5.60 Å². The third-order valence-electron chi connectivity index (χ3n) is 4.61. The molecular weight excluding hydrogens is 270 g/mol. The molecule has 2 saturated heterocycles. The molecule has 116 valence electrons. The Bertz CT molecular complexity index is 520. The molecular formula is C15H23N3O3. The lowest BCUT2D eigenvalue weighted by molar-refractivity contribution is -0.123. The molecule has 21 heavy (non-hydrogen) atoms. The summed E-state index contributed by atoms with van der Waals surface area (Å²) >= 11 is 0. The Hall–Kier alpha value is -1.40. The number of ether oxygens (including phenoxy) is 1. The second-order valence-electron chi connectivity index (χ2n) is 6.29. The number of aliphatic hydroxyl groups is 1. The van der Waals surface area contributed by atoms with Gasteiger partial charge in [-0.2, -0.15) is 5.10 Å². The Balaban J connectivity index is 1.74. The van der Waals surface area contributed by atoms with Gasteiger partial charge in [-0.25, -0.2) is 0 Å². The summed E-state index contributed by atoms with van der Waals surface area (Å²) in [4.78, 5) is 14.4. The van der Waals surface area contributed by atoms with Crippen LogP contribution in [0.4, 0.5) is 0 Å². The van der Waals surface area contributed by atoms with Gasteiger partial charge in [0.2, 0.25) is 0 Å². The number of amides is 1. The Morgan fingerprint density at radius 1 is 1.52 bits per heavy atom. The lowest BCUT2D eigenvalue weighted by atomic mass is 9.86. The zero-order chi connectivity index (χ0) is 15.0. The van der Waals surface area contributed by atoms with Crippen LogP contribution in [0.3, 0.4) is 0 Å². The van der Waals surface area contributed by atoms with E-state index in [0.717, 1.165) is 12.8 Å². The predicted octanol–water partition coefficient (Wildman–Crippen LogP) is 1.22. The number of aromatic nitrogens is 2. The topological polar surface area (TPSA) is 67.6 Å². The van der Waals surface area contributed by atoms with Crippen LogP contribution < -0.4 is 0 Å². The molecule has 1 spiro atoms. The molecule has 1 N–H and O–H groups in total. The van der Waals surface area contributed by atoms with E-state index in [0.29, 0.717) is 31.8 Å². The summed E-state index contributed by atoms with van der Waals surface area (Å²) in [6, 6.07) is 1.88. The van der Waals surface area contributed by atoms with Crippen molar-refractivity contribution in [2.75, 3.05) is 19.7 Å². The van der Waals surface area contributed by atoms with Crippen molar-refractivity contribution < 1.29 is 14.6 Å². The second kappa shape index (κ2) is 5.42. The number of β-amino-alcohol motifs (C(OH)–C–C–N with tert-alkyl or cyclic N) is 1. The number of likely N-dealkylation sites (tertiary alicyclic amines) is 1. The van der Waals surface area contributed by atoms with Gasteiger partial charge in [-0.1, -0.05) is 0 Å². The first kappa shape index (κ1) is 14.5. The van der Waals surface area contributed by atoms with Crippen molar-refractivity contribution in [3.05, 3.63) is 18.0 Å². The highest BCUT2D eigenvalue weighted by Crippen LogP contribution is 2.36. The van der Waals surface area contributed by atoms with Crippen molar-refractivity contribution in [1.29, 1.82) is 0 Å². The molecule has 1 aromatic heterocycles. The maximum atomic E-state index is 12.6. The number of hydrogen-bond acceptors (Lipinski definition) is 4. The van der Waals surface area contributed by atoms with Gasteiger partial charge in [-0.15, -0.1) is 0 Å². The van der Waals surface area contributed by atoms with Crippen LogP contribution in [-0.2, 0) is 4.74 Å². The molecule has 0 unspecified atom stereocenters. The third kappa shape index (κ3) is 2.46. The van der Waals surface area contributed by atoms with Crippen LogP contribution in [0.25, 0.3) is 0 Å². The Labute approximate surface area is 124 Å². The van der Waals surface area contributed by atoms with Crippen molar-refractivity contribution in [3.63, 3.8) is 0 Å². The van der Waals surface area contributed by atoms with Crippen molar-refractivity contribution >= 4 is 5.91 Å². The molecule has 2 aliphatic heterocycles. The molecule has 0 radical (unpaired) electrons. The summed E-state index contributed by atoms with van der Waals surface area (Å²) < 4.78 is 7.50. The van der Waals surface area contributed by atoms with Crippen LogP contribution >= 0.6 is 0 Å². The lowest BCUT2D eigenvalue weighted by Crippen LogP contribution is -2.56. The van der Waals surface area contributed by atoms with E-state index in [2.05, 4.69) is 5.10 Å². The maximum absolute atomic E-state index is 12.6. The van der Waals surface area contributed by atoms with E-state index in [9.17, 15) is 9.90 Å². The van der Waals surface area contributed by atoms with E-state index in [1.54, 1.807) is 21.8 Å². The fraction of sp³-hybridized carbons (Fsp3) is 0.733. The number of nitrogens with zero attached hydrogens (tertiary/aromatic N) is 3. The molecule has 2 aliphatic rings. The van der Waals surface area contributed by atoms with E-state index in [-0.39, 0.29) is 11.9 Å². The summed E-state index contributed by atoms with van der Waals surface area (Å²) in [6.07, 6.45) is 3.63. The van der Waals surface area contributed by atoms with Crippen LogP contribution in [0.2, 0.25) is 0 Å². The summed E-state index contributed by atoms with van der Waals surface area (Å²) in [5.41, 5.74) is 0.162. The third-order valence-corrected chi connectivity index (χ3v) is 4.61. The lowest BCUT2D eigenvalue weighted by Gasteiger charge is -2.42. The maximum Gasteiger partial charge on any atom is 0.272 e. The van der Waals surface area contributed by atoms with Crippen LogP contribution in [0.5, 0.6) is 0 Å². The molecule has 0 aliphatic carbocycles. The minimum absolute atomic E-state index is 0.0619. The Morgan fingerprint density at radius 2 is 2.33 bits per heavy atom. The van der Waals surface area contributed by atoms with Gasteiger partial charge in [0, 0.05) is 31.9 Å². The smallest absolute Gasteiger partial charge is 0.272 e. The number of rotatable bonds is 2. The van der Waals surface area contributed by atoms with Gasteiger partial charge in [0.25, 0.3) is 5.91 Å². The number of hydrogen-bond donors (Lipinski definition) is 1. The van der Waals surface area contributed by atoms with Crippen LogP contribution in [0.1, 0.15) is 49.6 Å². The minimum Gasteiger partial charge on any atom is -0.388 e. The normalized spacial score (nSPS) is 29.5. The zero-order valence-electron chi connectivity index (χ0n) is 12.7. The fourth-order valence-corrected chi connectivity index (χ4v) is 3.38. The fourth-order valence-electron chi connectivity index (χ4n) is 3.38. The standard InChI is InChI=1S/C15H23N3O3/c1-11(2)18-12(4-7-16-18)14(20)17-8-6-15(13(19)10-17)5-3-9-21-15/h4,7,11,13,19H,3,5-6,8-10H2,1-2H3/t13-,15-/m0/s1. The molecule has 6 heteroatoms. The van der Waals surface area contributed by atoms with Gasteiger partial charge in [-0.3, -0.25) is 9.48 Å². The molecule has 0 aromatic carbocycles. The van der Waals surface area contributed by atoms with E-state index >= 15 is 0 Å². The van der Waals surface area contributed by atoms with Gasteiger partial charge < -0.3 is 14.7 Å². The van der Waals surface area contributed by atoms with Crippen LogP contribution in [0.15, 0.2) is 12.3 Å². The first-order valence-corrected chi connectivity index (χ1v) is 7.68. The first-order chi connectivity index (χ1) is 10.0. The Kier molecular flexibility index (Phi) is 3.75. The molecule has 0 bridgehead atoms. The van der Waals surface area contributed by atoms with Crippen molar-refractivity contribution in [3.8, 4) is 0 Å². The second-order valence-corrected chi connectivity index (χ2v) is 6.29. The van der Waals surface area contributed by atoms with Crippen LogP contribution in [-0.4, -0.2) is 57.1 Å². The monoisotopic (exact) mass is 293 g/mol. The SMILES string of the molecule is CC(C)n1nccc1C(=O)N1CC[C@@]2(CCCO2)[C@@H](O)C1. The molecule has 6 nitrogen and oxygen atoms in total. The number of piperidine rings is 1. The highest BCUT2D eigenvalue weighted by atomic mass is 16.5. The summed E-state index contributed by atoms with van der Waals surface area (Å²) in [6.45, 7) is 5.67. The van der Waals surface area contributed by atoms with Crippen molar-refractivity contribution in [2.45, 2.75) is 50.9 Å². The van der Waals surface area contributed by atoms with Gasteiger partial charge in [0.15, 0.2) is 0 Å². The van der Waals surface area contributed by atoms with Crippen molar-refractivity contribution in [2.24, 2.45) is 0 Å². The molecule has 3 heterocycles. The van der Waals surface area contributed by atoms with E-state index in [1.165, 1.54) is 0 Å². The number of carbonyl (C=O) groups is 1. The molecule has 3 rings (SSSR count).